The van der Waals surface area contributed by atoms with E-state index in [0.29, 0.717) is 0 Å². The van der Waals surface area contributed by atoms with Gasteiger partial charge in [0, 0.05) is 11.1 Å². The lowest BCUT2D eigenvalue weighted by Gasteiger charge is -2.04. The summed E-state index contributed by atoms with van der Waals surface area (Å²) in [6, 6.07) is 0. The highest BCUT2D eigenvalue weighted by Gasteiger charge is 2.23. The molecule has 2 bridgehead atoms. The molecule has 1 fully saturated rings. The fourth-order valence-electron chi connectivity index (χ4n) is 2.42. The summed E-state index contributed by atoms with van der Waals surface area (Å²) in [6.45, 7) is 6.23. The maximum Gasteiger partial charge on any atom is 0.341 e. The standard InChI is InChI=1S/C10H10O7.C7H10/c1-5(3-7(11)12)9(15)17-10(16)6(2)4-8(13)14;1-2-7-4-3-6(1)5-7/h1-4H2,(H,11,12)(H,13,14);1,7H,2-5H2. The van der Waals surface area contributed by atoms with Crippen molar-refractivity contribution < 1.29 is 34.1 Å². The first-order valence-electron chi connectivity index (χ1n) is 7.42. The van der Waals surface area contributed by atoms with Gasteiger partial charge in [0.25, 0.3) is 0 Å². The van der Waals surface area contributed by atoms with Crippen molar-refractivity contribution in [1.82, 2.24) is 0 Å². The number of carboxylic acids is 2. The molecule has 1 saturated carbocycles. The number of ether oxygens (including phenoxy) is 1. The van der Waals surface area contributed by atoms with Crippen molar-refractivity contribution in [1.29, 1.82) is 0 Å². The number of carbonyl (C=O) groups excluding carboxylic acids is 2. The molecule has 0 aromatic rings. The van der Waals surface area contributed by atoms with Gasteiger partial charge in [-0.3, -0.25) is 9.59 Å². The molecule has 0 spiro atoms. The van der Waals surface area contributed by atoms with E-state index in [1.165, 1.54) is 25.7 Å². The second kappa shape index (κ2) is 8.81. The Morgan fingerprint density at radius 2 is 1.54 bits per heavy atom. The predicted octanol–water partition coefficient (Wildman–Crippen LogP) is 2.23. The Morgan fingerprint density at radius 3 is 1.75 bits per heavy atom. The molecule has 0 heterocycles. The van der Waals surface area contributed by atoms with Crippen LogP contribution in [0.4, 0.5) is 0 Å². The van der Waals surface area contributed by atoms with Gasteiger partial charge in [0.1, 0.15) is 0 Å². The second-order valence-electron chi connectivity index (χ2n) is 5.73. The summed E-state index contributed by atoms with van der Waals surface area (Å²) in [5.74, 6) is -3.96. The molecule has 7 heteroatoms. The number of carbonyl (C=O) groups is 4. The molecular formula is C17H20O7. The molecular weight excluding hydrogens is 316 g/mol. The lowest BCUT2D eigenvalue weighted by molar-refractivity contribution is -0.156. The van der Waals surface area contributed by atoms with Crippen LogP contribution < -0.4 is 0 Å². The minimum Gasteiger partial charge on any atom is -0.481 e. The first-order chi connectivity index (χ1) is 11.2. The molecule has 2 aliphatic carbocycles. The van der Waals surface area contributed by atoms with E-state index in [1.807, 2.05) is 0 Å². The molecule has 0 radical (unpaired) electrons. The number of hydrogen-bond donors (Lipinski definition) is 2. The highest BCUT2D eigenvalue weighted by Crippen LogP contribution is 2.38. The van der Waals surface area contributed by atoms with E-state index in [0.717, 1.165) is 5.92 Å². The van der Waals surface area contributed by atoms with Crippen molar-refractivity contribution in [3.8, 4) is 0 Å². The Hall–Kier alpha value is -2.70. The Labute approximate surface area is 139 Å². The lowest BCUT2D eigenvalue weighted by atomic mass is 10.1. The van der Waals surface area contributed by atoms with Gasteiger partial charge in [-0.25, -0.2) is 9.59 Å². The van der Waals surface area contributed by atoms with Crippen molar-refractivity contribution in [2.24, 2.45) is 5.92 Å². The fourth-order valence-corrected chi connectivity index (χ4v) is 2.42. The number of aliphatic carboxylic acids is 2. The molecule has 7 nitrogen and oxygen atoms in total. The third-order valence-electron chi connectivity index (χ3n) is 3.66. The number of esters is 2. The minimum atomic E-state index is -1.30. The summed E-state index contributed by atoms with van der Waals surface area (Å²) in [6.07, 6.45) is 6.84. The van der Waals surface area contributed by atoms with Crippen LogP contribution in [0.5, 0.6) is 0 Å². The van der Waals surface area contributed by atoms with Crippen molar-refractivity contribution in [3.05, 3.63) is 36.0 Å². The number of carboxylic acid groups (broad SMARTS) is 2. The van der Waals surface area contributed by atoms with Gasteiger partial charge in [-0.05, 0) is 31.6 Å². The monoisotopic (exact) mass is 336 g/mol. The highest BCUT2D eigenvalue weighted by atomic mass is 16.6. The molecule has 2 aliphatic rings. The molecule has 24 heavy (non-hydrogen) atoms. The first-order valence-corrected chi connectivity index (χ1v) is 7.42. The quantitative estimate of drug-likeness (QED) is 0.330. The summed E-state index contributed by atoms with van der Waals surface area (Å²) in [5, 5.41) is 16.7. The molecule has 0 aromatic carbocycles. The number of fused-ring (bicyclic) bond motifs is 2. The van der Waals surface area contributed by atoms with E-state index in [1.54, 1.807) is 5.57 Å². The van der Waals surface area contributed by atoms with Gasteiger partial charge >= 0.3 is 23.9 Å². The number of rotatable bonds is 6. The molecule has 0 aliphatic heterocycles. The van der Waals surface area contributed by atoms with Crippen LogP contribution in [0.15, 0.2) is 36.0 Å². The van der Waals surface area contributed by atoms with Crippen molar-refractivity contribution in [3.63, 3.8) is 0 Å². The molecule has 0 saturated heterocycles. The zero-order valence-corrected chi connectivity index (χ0v) is 13.2. The molecule has 2 rings (SSSR count). The van der Waals surface area contributed by atoms with Gasteiger partial charge in [-0.1, -0.05) is 24.8 Å². The Kier molecular flexibility index (Phi) is 7.10. The molecule has 1 unspecified atom stereocenters. The smallest absolute Gasteiger partial charge is 0.341 e. The van der Waals surface area contributed by atoms with Gasteiger partial charge in [0.2, 0.25) is 0 Å². The second-order valence-corrected chi connectivity index (χ2v) is 5.73. The van der Waals surface area contributed by atoms with E-state index < -0.39 is 47.9 Å². The number of hydrogen-bond acceptors (Lipinski definition) is 5. The Morgan fingerprint density at radius 1 is 1.04 bits per heavy atom. The van der Waals surface area contributed by atoms with Crippen LogP contribution in [0.1, 0.15) is 38.5 Å². The van der Waals surface area contributed by atoms with Gasteiger partial charge in [0.15, 0.2) is 0 Å². The zero-order valence-electron chi connectivity index (χ0n) is 13.2. The molecule has 2 N–H and O–H groups in total. The average molecular weight is 336 g/mol. The van der Waals surface area contributed by atoms with E-state index in [2.05, 4.69) is 24.0 Å². The average Bonchev–Trinajstić information content (AvgIpc) is 3.11. The van der Waals surface area contributed by atoms with Crippen LogP contribution in [0.2, 0.25) is 0 Å². The van der Waals surface area contributed by atoms with E-state index >= 15 is 0 Å². The third-order valence-corrected chi connectivity index (χ3v) is 3.66. The summed E-state index contributed by atoms with van der Waals surface area (Å²) in [4.78, 5) is 42.6. The maximum absolute atomic E-state index is 11.1. The van der Waals surface area contributed by atoms with Crippen LogP contribution >= 0.6 is 0 Å². The number of allylic oxidation sites excluding steroid dienone is 2. The van der Waals surface area contributed by atoms with Crippen molar-refractivity contribution in [2.75, 3.05) is 0 Å². The highest BCUT2D eigenvalue weighted by molar-refractivity contribution is 6.04. The van der Waals surface area contributed by atoms with Crippen LogP contribution in [-0.2, 0) is 23.9 Å². The third kappa shape index (κ3) is 6.60. The molecule has 130 valence electrons. The van der Waals surface area contributed by atoms with Gasteiger partial charge in [-0.15, -0.1) is 0 Å². The van der Waals surface area contributed by atoms with Crippen molar-refractivity contribution >= 4 is 23.9 Å². The van der Waals surface area contributed by atoms with Crippen LogP contribution in [0, 0.1) is 5.92 Å². The summed E-state index contributed by atoms with van der Waals surface area (Å²) in [7, 11) is 0. The predicted molar refractivity (Wildman–Crippen MR) is 83.9 cm³/mol. The van der Waals surface area contributed by atoms with E-state index in [4.69, 9.17) is 10.2 Å². The maximum atomic E-state index is 11.1. The van der Waals surface area contributed by atoms with Gasteiger partial charge in [0.05, 0.1) is 12.8 Å². The van der Waals surface area contributed by atoms with Crippen molar-refractivity contribution in [2.45, 2.75) is 38.5 Å². The summed E-state index contributed by atoms with van der Waals surface area (Å²) >= 11 is 0. The van der Waals surface area contributed by atoms with Gasteiger partial charge in [-0.2, -0.15) is 0 Å². The van der Waals surface area contributed by atoms with E-state index in [-0.39, 0.29) is 0 Å². The summed E-state index contributed by atoms with van der Waals surface area (Å²) < 4.78 is 4.17. The van der Waals surface area contributed by atoms with Crippen LogP contribution in [0.3, 0.4) is 0 Å². The van der Waals surface area contributed by atoms with Crippen LogP contribution in [-0.4, -0.2) is 34.1 Å². The molecule has 0 aromatic heterocycles. The Balaban J connectivity index is 0.000000331. The largest absolute Gasteiger partial charge is 0.481 e. The minimum absolute atomic E-state index is 0.422. The molecule has 1 atom stereocenters. The lowest BCUT2D eigenvalue weighted by Crippen LogP contribution is -2.18. The van der Waals surface area contributed by atoms with Crippen LogP contribution in [0.25, 0.3) is 0 Å². The van der Waals surface area contributed by atoms with Gasteiger partial charge < -0.3 is 14.9 Å². The topological polar surface area (TPSA) is 118 Å². The normalized spacial score (nSPS) is 17.2. The fraction of sp³-hybridized carbons (Fsp3) is 0.412. The Bertz CT molecular complexity index is 574. The zero-order chi connectivity index (χ0) is 18.3. The summed E-state index contributed by atoms with van der Waals surface area (Å²) in [5.41, 5.74) is 0.896. The molecule has 0 amide bonds. The SMILES string of the molecule is C1=C2CCC(C1)C2.C=C(CC(=O)O)C(=O)OC(=O)C(=C)CC(=O)O. The van der Waals surface area contributed by atoms with E-state index in [9.17, 15) is 19.2 Å². The first kappa shape index (κ1) is 19.3.